The van der Waals surface area contributed by atoms with E-state index < -0.39 is 0 Å². The van der Waals surface area contributed by atoms with E-state index in [9.17, 15) is 0 Å². The van der Waals surface area contributed by atoms with Gasteiger partial charge in [-0.05, 0) is 37.6 Å². The van der Waals surface area contributed by atoms with Crippen LogP contribution in [-0.2, 0) is 6.42 Å². The van der Waals surface area contributed by atoms with E-state index in [0.717, 1.165) is 35.1 Å². The number of hydrogen-bond acceptors (Lipinski definition) is 4. The van der Waals surface area contributed by atoms with E-state index in [1.807, 2.05) is 37.3 Å². The fourth-order valence-corrected chi connectivity index (χ4v) is 1.59. The smallest absolute Gasteiger partial charge is 0.134 e. The number of aryl methyl sites for hydroxylation is 2. The van der Waals surface area contributed by atoms with Gasteiger partial charge in [0.2, 0.25) is 0 Å². The highest BCUT2D eigenvalue weighted by Crippen LogP contribution is 2.16. The van der Waals surface area contributed by atoms with Gasteiger partial charge >= 0.3 is 0 Å². The van der Waals surface area contributed by atoms with Gasteiger partial charge in [-0.25, -0.2) is 9.97 Å². The van der Waals surface area contributed by atoms with Crippen LogP contribution in [0.3, 0.4) is 0 Å². The molecule has 0 saturated heterocycles. The number of nitrogens with one attached hydrogen (secondary N) is 1. The molecule has 0 fully saturated rings. The van der Waals surface area contributed by atoms with Crippen molar-refractivity contribution in [3.8, 4) is 0 Å². The van der Waals surface area contributed by atoms with Gasteiger partial charge in [-0.3, -0.25) is 0 Å². The molecule has 0 aliphatic heterocycles. The first kappa shape index (κ1) is 11.4. The number of nitrogens with zero attached hydrogens (tertiary/aromatic N) is 2. The molecule has 0 bridgehead atoms. The van der Waals surface area contributed by atoms with E-state index in [1.165, 1.54) is 0 Å². The van der Waals surface area contributed by atoms with Gasteiger partial charge < -0.3 is 11.1 Å². The summed E-state index contributed by atoms with van der Waals surface area (Å²) in [6, 6.07) is 9.54. The summed E-state index contributed by atoms with van der Waals surface area (Å²) < 4.78 is 0. The minimum atomic E-state index is 0.753. The Labute approximate surface area is 101 Å². The standard InChI is InChI=1S/C13H16N4/c1-3-11-8-13(16-9(2)15-11)17-12-6-4-10(14)5-7-12/h4-8H,3,14H2,1-2H3,(H,15,16,17). The van der Waals surface area contributed by atoms with E-state index in [0.29, 0.717) is 0 Å². The third-order valence-electron chi connectivity index (χ3n) is 2.44. The van der Waals surface area contributed by atoms with Crippen LogP contribution in [0.5, 0.6) is 0 Å². The predicted molar refractivity (Wildman–Crippen MR) is 70.3 cm³/mol. The maximum absolute atomic E-state index is 5.64. The van der Waals surface area contributed by atoms with E-state index in [1.54, 1.807) is 0 Å². The van der Waals surface area contributed by atoms with Gasteiger partial charge in [0.1, 0.15) is 11.6 Å². The van der Waals surface area contributed by atoms with E-state index >= 15 is 0 Å². The fraction of sp³-hybridized carbons (Fsp3) is 0.231. The first-order valence-corrected chi connectivity index (χ1v) is 5.64. The Morgan fingerprint density at radius 1 is 1.18 bits per heavy atom. The van der Waals surface area contributed by atoms with Gasteiger partial charge in [0.05, 0.1) is 0 Å². The van der Waals surface area contributed by atoms with Gasteiger partial charge in [0.15, 0.2) is 0 Å². The van der Waals surface area contributed by atoms with Crippen LogP contribution in [-0.4, -0.2) is 9.97 Å². The third-order valence-corrected chi connectivity index (χ3v) is 2.44. The first-order valence-electron chi connectivity index (χ1n) is 5.64. The maximum atomic E-state index is 5.64. The lowest BCUT2D eigenvalue weighted by molar-refractivity contribution is 0.953. The van der Waals surface area contributed by atoms with Crippen molar-refractivity contribution in [3.63, 3.8) is 0 Å². The highest BCUT2D eigenvalue weighted by Gasteiger charge is 2.01. The second-order valence-electron chi connectivity index (χ2n) is 3.89. The van der Waals surface area contributed by atoms with Crippen LogP contribution in [0.15, 0.2) is 30.3 Å². The lowest BCUT2D eigenvalue weighted by Gasteiger charge is -2.08. The van der Waals surface area contributed by atoms with Gasteiger partial charge in [-0.15, -0.1) is 0 Å². The molecule has 1 heterocycles. The molecule has 0 aliphatic rings. The topological polar surface area (TPSA) is 63.8 Å². The van der Waals surface area contributed by atoms with Crippen molar-refractivity contribution in [2.75, 3.05) is 11.1 Å². The van der Waals surface area contributed by atoms with Crippen molar-refractivity contribution in [1.82, 2.24) is 9.97 Å². The molecule has 1 aromatic carbocycles. The van der Waals surface area contributed by atoms with Crippen molar-refractivity contribution in [2.24, 2.45) is 0 Å². The van der Waals surface area contributed by atoms with Crippen LogP contribution in [0.1, 0.15) is 18.4 Å². The molecule has 88 valence electrons. The maximum Gasteiger partial charge on any atom is 0.134 e. The Morgan fingerprint density at radius 3 is 2.53 bits per heavy atom. The minimum absolute atomic E-state index is 0.753. The van der Waals surface area contributed by atoms with Crippen molar-refractivity contribution in [2.45, 2.75) is 20.3 Å². The van der Waals surface area contributed by atoms with Gasteiger partial charge in [-0.2, -0.15) is 0 Å². The summed E-state index contributed by atoms with van der Waals surface area (Å²) in [5, 5.41) is 3.24. The molecule has 2 aromatic rings. The van der Waals surface area contributed by atoms with Crippen molar-refractivity contribution < 1.29 is 0 Å². The predicted octanol–water partition coefficient (Wildman–Crippen LogP) is 2.67. The summed E-state index contributed by atoms with van der Waals surface area (Å²) in [6.07, 6.45) is 0.903. The van der Waals surface area contributed by atoms with E-state index in [-0.39, 0.29) is 0 Å². The summed E-state index contributed by atoms with van der Waals surface area (Å²) >= 11 is 0. The van der Waals surface area contributed by atoms with Gasteiger partial charge in [0, 0.05) is 23.1 Å². The number of nitrogens with two attached hydrogens (primary N) is 1. The molecule has 4 nitrogen and oxygen atoms in total. The number of rotatable bonds is 3. The molecule has 2 rings (SSSR count). The molecule has 0 amide bonds. The summed E-state index contributed by atoms with van der Waals surface area (Å²) in [7, 11) is 0. The highest BCUT2D eigenvalue weighted by molar-refractivity contribution is 5.59. The second kappa shape index (κ2) is 4.82. The molecule has 0 aliphatic carbocycles. The fourth-order valence-electron chi connectivity index (χ4n) is 1.59. The first-order chi connectivity index (χ1) is 8.17. The molecule has 3 N–H and O–H groups in total. The second-order valence-corrected chi connectivity index (χ2v) is 3.89. The van der Waals surface area contributed by atoms with E-state index in [4.69, 9.17) is 5.73 Å². The zero-order valence-electron chi connectivity index (χ0n) is 10.1. The lowest BCUT2D eigenvalue weighted by atomic mass is 10.2. The zero-order valence-corrected chi connectivity index (χ0v) is 10.1. The van der Waals surface area contributed by atoms with Crippen molar-refractivity contribution >= 4 is 17.2 Å². The van der Waals surface area contributed by atoms with Gasteiger partial charge in [0.25, 0.3) is 0 Å². The molecular formula is C13H16N4. The molecule has 0 atom stereocenters. The Bertz CT molecular complexity index is 505. The van der Waals surface area contributed by atoms with Gasteiger partial charge in [-0.1, -0.05) is 6.92 Å². The Morgan fingerprint density at radius 2 is 1.88 bits per heavy atom. The summed E-state index contributed by atoms with van der Waals surface area (Å²) in [4.78, 5) is 8.68. The van der Waals surface area contributed by atoms with Crippen LogP contribution in [0.4, 0.5) is 17.2 Å². The van der Waals surface area contributed by atoms with Crippen LogP contribution >= 0.6 is 0 Å². The Kier molecular flexibility index (Phi) is 3.23. The quantitative estimate of drug-likeness (QED) is 0.793. The largest absolute Gasteiger partial charge is 0.399 e. The van der Waals surface area contributed by atoms with E-state index in [2.05, 4.69) is 22.2 Å². The number of aromatic nitrogens is 2. The summed E-state index contributed by atoms with van der Waals surface area (Å²) in [5.74, 6) is 1.60. The minimum Gasteiger partial charge on any atom is -0.399 e. The third kappa shape index (κ3) is 2.93. The van der Waals surface area contributed by atoms with Crippen LogP contribution in [0.25, 0.3) is 0 Å². The molecular weight excluding hydrogens is 212 g/mol. The Balaban J connectivity index is 2.23. The molecule has 0 unspecified atom stereocenters. The Hall–Kier alpha value is -2.10. The van der Waals surface area contributed by atoms with Crippen LogP contribution < -0.4 is 11.1 Å². The molecule has 0 saturated carbocycles. The molecule has 0 spiro atoms. The number of hydrogen-bond donors (Lipinski definition) is 2. The average Bonchev–Trinajstić information content (AvgIpc) is 2.31. The highest BCUT2D eigenvalue weighted by atomic mass is 15.0. The lowest BCUT2D eigenvalue weighted by Crippen LogP contribution is -2.00. The van der Waals surface area contributed by atoms with Crippen LogP contribution in [0.2, 0.25) is 0 Å². The van der Waals surface area contributed by atoms with Crippen molar-refractivity contribution in [1.29, 1.82) is 0 Å². The summed E-state index contributed by atoms with van der Waals surface area (Å²) in [5.41, 5.74) is 8.40. The SMILES string of the molecule is CCc1cc(Nc2ccc(N)cc2)nc(C)n1. The summed E-state index contributed by atoms with van der Waals surface area (Å²) in [6.45, 7) is 3.97. The number of anilines is 3. The number of benzene rings is 1. The number of nitrogen functional groups attached to an aromatic ring is 1. The normalized spacial score (nSPS) is 10.2. The zero-order chi connectivity index (χ0) is 12.3. The average molecular weight is 228 g/mol. The molecule has 17 heavy (non-hydrogen) atoms. The molecule has 4 heteroatoms. The molecule has 0 radical (unpaired) electrons. The van der Waals surface area contributed by atoms with Crippen LogP contribution in [0, 0.1) is 6.92 Å². The van der Waals surface area contributed by atoms with Crippen molar-refractivity contribution in [3.05, 3.63) is 41.9 Å². The monoisotopic (exact) mass is 228 g/mol. The molecule has 1 aromatic heterocycles.